The fraction of sp³-hybridized carbons (Fsp3) is 0.188. The van der Waals surface area contributed by atoms with Crippen molar-refractivity contribution in [3.05, 3.63) is 57.5 Å². The number of benzene rings is 2. The van der Waals surface area contributed by atoms with Crippen molar-refractivity contribution < 1.29 is 4.79 Å². The van der Waals surface area contributed by atoms with Gasteiger partial charge in [0, 0.05) is 15.8 Å². The number of nitrogens with one attached hydrogen (secondary N) is 2. The second-order valence-corrected chi connectivity index (χ2v) is 6.27. The van der Waals surface area contributed by atoms with E-state index in [0.717, 1.165) is 28.7 Å². The zero-order valence-corrected chi connectivity index (χ0v) is 13.5. The van der Waals surface area contributed by atoms with Crippen molar-refractivity contribution in [1.29, 1.82) is 0 Å². The lowest BCUT2D eigenvalue weighted by atomic mass is 10.1. The molecule has 0 saturated heterocycles. The van der Waals surface area contributed by atoms with E-state index in [1.807, 2.05) is 36.4 Å². The molecule has 0 saturated carbocycles. The maximum absolute atomic E-state index is 12.3. The largest absolute Gasteiger partial charge is 0.374 e. The molecular weight excluding hydrogens is 352 g/mol. The number of hydrogen-bond donors (Lipinski definition) is 2. The second-order valence-electron chi connectivity index (χ2n) is 5.01. The third kappa shape index (κ3) is 3.22. The molecule has 1 unspecified atom stereocenters. The summed E-state index contributed by atoms with van der Waals surface area (Å²) >= 11 is 9.45. The number of amides is 1. The molecule has 108 valence electrons. The standard InChI is InChI=1S/C16H14BrClN2O/c17-12-7-6-11(9-13(12)18)19-15-8-5-10-3-1-2-4-14(10)20-16(15)21/h1-4,6-7,9,15,19H,5,8H2,(H,20,21). The van der Waals surface area contributed by atoms with Crippen LogP contribution in [0.2, 0.25) is 5.02 Å². The van der Waals surface area contributed by atoms with E-state index < -0.39 is 0 Å². The number of aryl methyl sites for hydroxylation is 1. The summed E-state index contributed by atoms with van der Waals surface area (Å²) in [6.07, 6.45) is 1.60. The van der Waals surface area contributed by atoms with Crippen LogP contribution in [0.5, 0.6) is 0 Å². The first-order valence-corrected chi connectivity index (χ1v) is 7.91. The smallest absolute Gasteiger partial charge is 0.246 e. The Bertz CT molecular complexity index is 690. The molecule has 3 nitrogen and oxygen atoms in total. The first-order chi connectivity index (χ1) is 10.1. The molecule has 0 spiro atoms. The minimum absolute atomic E-state index is 0.0148. The minimum Gasteiger partial charge on any atom is -0.374 e. The van der Waals surface area contributed by atoms with Crippen LogP contribution < -0.4 is 10.6 Å². The summed E-state index contributed by atoms with van der Waals surface area (Å²) in [7, 11) is 0. The number of halogens is 2. The Labute approximate surface area is 136 Å². The Morgan fingerprint density at radius 1 is 1.24 bits per heavy atom. The van der Waals surface area contributed by atoms with Crippen LogP contribution in [-0.4, -0.2) is 11.9 Å². The monoisotopic (exact) mass is 364 g/mol. The Kier molecular flexibility index (Phi) is 4.17. The fourth-order valence-electron chi connectivity index (χ4n) is 2.44. The molecular formula is C16H14BrClN2O. The van der Waals surface area contributed by atoms with Gasteiger partial charge in [-0.3, -0.25) is 4.79 Å². The topological polar surface area (TPSA) is 41.1 Å². The van der Waals surface area contributed by atoms with Gasteiger partial charge in [-0.05, 0) is 58.6 Å². The third-order valence-corrected chi connectivity index (χ3v) is 4.79. The molecule has 2 aromatic carbocycles. The van der Waals surface area contributed by atoms with Crippen LogP contribution >= 0.6 is 27.5 Å². The molecule has 0 radical (unpaired) electrons. The van der Waals surface area contributed by atoms with E-state index >= 15 is 0 Å². The van der Waals surface area contributed by atoms with Crippen LogP contribution in [0.4, 0.5) is 11.4 Å². The van der Waals surface area contributed by atoms with Crippen LogP contribution in [0.25, 0.3) is 0 Å². The first-order valence-electron chi connectivity index (χ1n) is 6.74. The summed E-state index contributed by atoms with van der Waals surface area (Å²) < 4.78 is 0.840. The van der Waals surface area contributed by atoms with Crippen molar-refractivity contribution in [1.82, 2.24) is 0 Å². The molecule has 1 atom stereocenters. The highest BCUT2D eigenvalue weighted by molar-refractivity contribution is 9.10. The van der Waals surface area contributed by atoms with Crippen LogP contribution in [-0.2, 0) is 11.2 Å². The zero-order valence-electron chi connectivity index (χ0n) is 11.2. The van der Waals surface area contributed by atoms with Crippen molar-refractivity contribution in [3.8, 4) is 0 Å². The maximum Gasteiger partial charge on any atom is 0.246 e. The first kappa shape index (κ1) is 14.4. The highest BCUT2D eigenvalue weighted by atomic mass is 79.9. The van der Waals surface area contributed by atoms with E-state index in [2.05, 4.69) is 32.6 Å². The van der Waals surface area contributed by atoms with E-state index in [-0.39, 0.29) is 11.9 Å². The number of anilines is 2. The van der Waals surface area contributed by atoms with Gasteiger partial charge in [0.05, 0.1) is 5.02 Å². The van der Waals surface area contributed by atoms with Crippen molar-refractivity contribution in [2.45, 2.75) is 18.9 Å². The molecule has 0 aliphatic carbocycles. The van der Waals surface area contributed by atoms with Crippen LogP contribution in [0.1, 0.15) is 12.0 Å². The molecule has 21 heavy (non-hydrogen) atoms. The lowest BCUT2D eigenvalue weighted by molar-refractivity contribution is -0.116. The Morgan fingerprint density at radius 3 is 2.86 bits per heavy atom. The fourth-order valence-corrected chi connectivity index (χ4v) is 2.86. The molecule has 0 bridgehead atoms. The lowest BCUT2D eigenvalue weighted by Gasteiger charge is -2.17. The van der Waals surface area contributed by atoms with Gasteiger partial charge in [0.15, 0.2) is 0 Å². The maximum atomic E-state index is 12.3. The lowest BCUT2D eigenvalue weighted by Crippen LogP contribution is -2.33. The number of carbonyl (C=O) groups is 1. The highest BCUT2D eigenvalue weighted by Crippen LogP contribution is 2.27. The SMILES string of the molecule is O=C1Nc2ccccc2CCC1Nc1ccc(Br)c(Cl)c1. The number of rotatable bonds is 2. The summed E-state index contributed by atoms with van der Waals surface area (Å²) in [6.45, 7) is 0. The minimum atomic E-state index is -0.269. The number of carbonyl (C=O) groups excluding carboxylic acids is 1. The van der Waals surface area contributed by atoms with Gasteiger partial charge in [0.1, 0.15) is 6.04 Å². The molecule has 0 fully saturated rings. The van der Waals surface area contributed by atoms with Gasteiger partial charge in [-0.2, -0.15) is 0 Å². The van der Waals surface area contributed by atoms with Gasteiger partial charge in [-0.25, -0.2) is 0 Å². The van der Waals surface area contributed by atoms with Gasteiger partial charge in [0.2, 0.25) is 5.91 Å². The van der Waals surface area contributed by atoms with Crippen LogP contribution in [0.3, 0.4) is 0 Å². The van der Waals surface area contributed by atoms with Crippen molar-refractivity contribution in [2.24, 2.45) is 0 Å². The molecule has 2 N–H and O–H groups in total. The van der Waals surface area contributed by atoms with Gasteiger partial charge >= 0.3 is 0 Å². The van der Waals surface area contributed by atoms with Gasteiger partial charge in [-0.1, -0.05) is 29.8 Å². The number of para-hydroxylation sites is 1. The Morgan fingerprint density at radius 2 is 2.05 bits per heavy atom. The van der Waals surface area contributed by atoms with E-state index in [1.165, 1.54) is 5.56 Å². The summed E-state index contributed by atoms with van der Waals surface area (Å²) in [5, 5.41) is 6.85. The van der Waals surface area contributed by atoms with Crippen LogP contribution in [0, 0.1) is 0 Å². The van der Waals surface area contributed by atoms with Crippen molar-refractivity contribution in [2.75, 3.05) is 10.6 Å². The van der Waals surface area contributed by atoms with Crippen LogP contribution in [0.15, 0.2) is 46.9 Å². The van der Waals surface area contributed by atoms with Gasteiger partial charge in [-0.15, -0.1) is 0 Å². The Hall–Kier alpha value is -1.52. The second kappa shape index (κ2) is 6.08. The molecule has 1 aliphatic heterocycles. The summed E-state index contributed by atoms with van der Waals surface area (Å²) in [4.78, 5) is 12.3. The van der Waals surface area contributed by atoms with Crippen molar-refractivity contribution in [3.63, 3.8) is 0 Å². The summed E-state index contributed by atoms with van der Waals surface area (Å²) in [5.41, 5.74) is 2.92. The number of hydrogen-bond acceptors (Lipinski definition) is 2. The molecule has 1 amide bonds. The molecule has 5 heteroatoms. The zero-order chi connectivity index (χ0) is 14.8. The third-order valence-electron chi connectivity index (χ3n) is 3.55. The quantitative estimate of drug-likeness (QED) is 0.824. The molecule has 1 heterocycles. The van der Waals surface area contributed by atoms with E-state index in [1.54, 1.807) is 0 Å². The highest BCUT2D eigenvalue weighted by Gasteiger charge is 2.23. The molecule has 3 rings (SSSR count). The predicted octanol–water partition coefficient (Wildman–Crippen LogP) is 4.47. The predicted molar refractivity (Wildman–Crippen MR) is 90.0 cm³/mol. The van der Waals surface area contributed by atoms with Gasteiger partial charge < -0.3 is 10.6 Å². The normalized spacial score (nSPS) is 17.6. The summed E-state index contributed by atoms with van der Waals surface area (Å²) in [5.74, 6) is -0.0148. The molecule has 2 aromatic rings. The van der Waals surface area contributed by atoms with Crippen molar-refractivity contribution >= 4 is 44.8 Å². The summed E-state index contributed by atoms with van der Waals surface area (Å²) in [6, 6.07) is 13.2. The molecule has 0 aromatic heterocycles. The average molecular weight is 366 g/mol. The molecule has 1 aliphatic rings. The number of fused-ring (bicyclic) bond motifs is 1. The average Bonchev–Trinajstić information content (AvgIpc) is 2.63. The Balaban J connectivity index is 1.78. The van der Waals surface area contributed by atoms with E-state index in [0.29, 0.717) is 5.02 Å². The van der Waals surface area contributed by atoms with Gasteiger partial charge in [0.25, 0.3) is 0 Å². The van der Waals surface area contributed by atoms with E-state index in [9.17, 15) is 4.79 Å². The van der Waals surface area contributed by atoms with E-state index in [4.69, 9.17) is 11.6 Å².